The van der Waals surface area contributed by atoms with Crippen LogP contribution in [-0.4, -0.2) is 65.7 Å². The van der Waals surface area contributed by atoms with Crippen LogP contribution in [0.25, 0.3) is 0 Å². The number of ketones is 1. The second-order valence-electron chi connectivity index (χ2n) is 10.9. The van der Waals surface area contributed by atoms with Gasteiger partial charge in [0.25, 0.3) is 5.91 Å². The molecule has 0 unspecified atom stereocenters. The number of carboxylic acid groups (broad SMARTS) is 1. The number of ether oxygens (including phenoxy) is 1. The summed E-state index contributed by atoms with van der Waals surface area (Å²) in [4.78, 5) is 52.3. The molecule has 1 aliphatic heterocycles. The first-order chi connectivity index (χ1) is 18.1. The number of benzene rings is 2. The highest BCUT2D eigenvalue weighted by Gasteiger charge is 2.31. The van der Waals surface area contributed by atoms with Crippen LogP contribution in [0.2, 0.25) is 0 Å². The largest absolute Gasteiger partial charge is 0.490 e. The van der Waals surface area contributed by atoms with Gasteiger partial charge >= 0.3 is 5.97 Å². The number of amides is 2. The summed E-state index contributed by atoms with van der Waals surface area (Å²) >= 11 is 0. The normalized spacial score (nSPS) is 12.8. The van der Waals surface area contributed by atoms with E-state index in [1.165, 1.54) is 18.9 Å². The van der Waals surface area contributed by atoms with Crippen molar-refractivity contribution in [2.75, 3.05) is 25.0 Å². The predicted molar refractivity (Wildman–Crippen MR) is 148 cm³/mol. The van der Waals surface area contributed by atoms with Gasteiger partial charge in [0.2, 0.25) is 5.91 Å². The van der Waals surface area contributed by atoms with E-state index >= 15 is 0 Å². The molecule has 0 aliphatic carbocycles. The van der Waals surface area contributed by atoms with Gasteiger partial charge < -0.3 is 25.0 Å². The number of nitrogens with zero attached hydrogens (tertiary/aromatic N) is 2. The van der Waals surface area contributed by atoms with Crippen LogP contribution in [0.3, 0.4) is 0 Å². The van der Waals surface area contributed by atoms with Crippen molar-refractivity contribution >= 4 is 35.1 Å². The van der Waals surface area contributed by atoms with Crippen molar-refractivity contribution in [1.82, 2.24) is 10.2 Å². The van der Waals surface area contributed by atoms with Crippen LogP contribution in [-0.2, 0) is 21.5 Å². The minimum atomic E-state index is -1.14. The monoisotopic (exact) mass is 536 g/mol. The van der Waals surface area contributed by atoms with Gasteiger partial charge in [-0.25, -0.2) is 0 Å². The fourth-order valence-corrected chi connectivity index (χ4v) is 4.54. The smallest absolute Gasteiger partial charge is 0.323 e. The Labute approximate surface area is 228 Å². The minimum absolute atomic E-state index is 0.0718. The van der Waals surface area contributed by atoms with Gasteiger partial charge in [0, 0.05) is 37.3 Å². The zero-order chi connectivity index (χ0) is 29.2. The van der Waals surface area contributed by atoms with E-state index in [-0.39, 0.29) is 30.2 Å². The molecule has 10 heteroatoms. The summed E-state index contributed by atoms with van der Waals surface area (Å²) in [5, 5.41) is 20.6. The average molecular weight is 537 g/mol. The van der Waals surface area contributed by atoms with Crippen LogP contribution >= 0.6 is 0 Å². The Morgan fingerprint density at radius 1 is 1.15 bits per heavy atom. The van der Waals surface area contributed by atoms with E-state index in [0.29, 0.717) is 40.2 Å². The van der Waals surface area contributed by atoms with Crippen molar-refractivity contribution in [2.24, 2.45) is 0 Å². The number of hydrogen-bond acceptors (Lipinski definition) is 6. The maximum absolute atomic E-state index is 13.4. The highest BCUT2D eigenvalue weighted by atomic mass is 16.5. The molecular weight excluding hydrogens is 500 g/mol. The van der Waals surface area contributed by atoms with E-state index in [1.807, 2.05) is 34.6 Å². The van der Waals surface area contributed by atoms with E-state index in [9.17, 15) is 24.3 Å². The SMILES string of the molecule is CNC(=O)c1cc2c(cc1OC(C)C)CN(CC(=O)c1ccc(N(CC(=O)O)C(C)=O)c(C(C)(C)C)c1)C2=N. The summed E-state index contributed by atoms with van der Waals surface area (Å²) in [5.41, 5.74) is 2.68. The van der Waals surface area contributed by atoms with Gasteiger partial charge in [-0.05, 0) is 60.7 Å². The molecule has 10 nitrogen and oxygen atoms in total. The van der Waals surface area contributed by atoms with Crippen molar-refractivity contribution in [3.05, 3.63) is 58.1 Å². The minimum Gasteiger partial charge on any atom is -0.490 e. The number of carbonyl (C=O) groups excluding carboxylic acids is 3. The van der Waals surface area contributed by atoms with Crippen molar-refractivity contribution < 1.29 is 29.0 Å². The van der Waals surface area contributed by atoms with Crippen molar-refractivity contribution in [3.8, 4) is 5.75 Å². The number of fused-ring (bicyclic) bond motifs is 1. The molecular formula is C29H36N4O6. The molecule has 2 aromatic rings. The van der Waals surface area contributed by atoms with Gasteiger partial charge in [-0.3, -0.25) is 24.6 Å². The molecule has 1 heterocycles. The molecule has 0 radical (unpaired) electrons. The van der Waals surface area contributed by atoms with Crippen LogP contribution in [0.15, 0.2) is 30.3 Å². The van der Waals surface area contributed by atoms with Gasteiger partial charge in [0.15, 0.2) is 5.78 Å². The van der Waals surface area contributed by atoms with E-state index in [0.717, 1.165) is 5.56 Å². The van der Waals surface area contributed by atoms with Gasteiger partial charge in [0.1, 0.15) is 18.1 Å². The Bertz CT molecular complexity index is 1340. The molecule has 0 atom stereocenters. The van der Waals surface area contributed by atoms with E-state index < -0.39 is 23.8 Å². The number of carboxylic acids is 1. The van der Waals surface area contributed by atoms with Gasteiger partial charge in [-0.15, -0.1) is 0 Å². The summed E-state index contributed by atoms with van der Waals surface area (Å²) in [7, 11) is 1.53. The first kappa shape index (κ1) is 29.3. The quantitative estimate of drug-likeness (QED) is 0.416. The second-order valence-corrected chi connectivity index (χ2v) is 10.9. The molecule has 0 spiro atoms. The molecule has 3 rings (SSSR count). The third-order valence-electron chi connectivity index (χ3n) is 6.40. The highest BCUT2D eigenvalue weighted by molar-refractivity contribution is 6.08. The number of amidine groups is 1. The number of Topliss-reactive ketones (excluding diaryl/α,β-unsaturated/α-hetero) is 1. The molecule has 0 fully saturated rings. The molecule has 39 heavy (non-hydrogen) atoms. The van der Waals surface area contributed by atoms with Crippen LogP contribution in [0.1, 0.15) is 78.9 Å². The van der Waals surface area contributed by atoms with Gasteiger partial charge in [0.05, 0.1) is 18.2 Å². The van der Waals surface area contributed by atoms with Crippen molar-refractivity contribution in [1.29, 1.82) is 5.41 Å². The standard InChI is InChI=1S/C29H36N4O6/c1-16(2)39-25-11-19-13-32(27(30)20(19)12-21(25)28(38)31-7)14-24(35)18-8-9-23(22(10-18)29(4,5)6)33(17(3)34)15-26(36)37/h8-12,16,30H,13-15H2,1-7H3,(H,31,38)(H,36,37). The third kappa shape index (κ3) is 6.45. The third-order valence-corrected chi connectivity index (χ3v) is 6.40. The van der Waals surface area contributed by atoms with Crippen LogP contribution in [0.5, 0.6) is 5.75 Å². The van der Waals surface area contributed by atoms with Crippen LogP contribution in [0.4, 0.5) is 5.69 Å². The Hall–Kier alpha value is -4.21. The lowest BCUT2D eigenvalue weighted by molar-refractivity contribution is -0.136. The fourth-order valence-electron chi connectivity index (χ4n) is 4.54. The Balaban J connectivity index is 1.92. The highest BCUT2D eigenvalue weighted by Crippen LogP contribution is 2.34. The zero-order valence-electron chi connectivity index (χ0n) is 23.5. The molecule has 2 aromatic carbocycles. The Morgan fingerprint density at radius 3 is 2.36 bits per heavy atom. The first-order valence-electron chi connectivity index (χ1n) is 12.7. The lowest BCUT2D eigenvalue weighted by atomic mass is 9.84. The first-order valence-corrected chi connectivity index (χ1v) is 12.7. The lowest BCUT2D eigenvalue weighted by Gasteiger charge is -2.29. The number of nitrogens with one attached hydrogen (secondary N) is 2. The topological polar surface area (TPSA) is 140 Å². The summed E-state index contributed by atoms with van der Waals surface area (Å²) in [6.07, 6.45) is -0.153. The molecule has 0 bridgehead atoms. The lowest BCUT2D eigenvalue weighted by Crippen LogP contribution is -2.36. The van der Waals surface area contributed by atoms with E-state index in [4.69, 9.17) is 10.1 Å². The van der Waals surface area contributed by atoms with Crippen molar-refractivity contribution in [3.63, 3.8) is 0 Å². The summed E-state index contributed by atoms with van der Waals surface area (Å²) in [6.45, 7) is 10.5. The molecule has 3 N–H and O–H groups in total. The Morgan fingerprint density at radius 2 is 1.82 bits per heavy atom. The second kappa shape index (κ2) is 11.3. The Kier molecular flexibility index (Phi) is 8.48. The fraction of sp³-hybridized carbons (Fsp3) is 0.414. The summed E-state index contributed by atoms with van der Waals surface area (Å²) in [6, 6.07) is 8.26. The maximum Gasteiger partial charge on any atom is 0.323 e. The number of rotatable bonds is 9. The molecule has 0 saturated heterocycles. The molecule has 1 aliphatic rings. The number of hydrogen-bond donors (Lipinski definition) is 3. The molecule has 0 aromatic heterocycles. The zero-order valence-corrected chi connectivity index (χ0v) is 23.5. The predicted octanol–water partition coefficient (Wildman–Crippen LogP) is 3.59. The summed E-state index contributed by atoms with van der Waals surface area (Å²) in [5.74, 6) is -1.56. The molecule has 0 saturated carbocycles. The van der Waals surface area contributed by atoms with Crippen LogP contribution in [0, 0.1) is 5.41 Å². The number of anilines is 1. The van der Waals surface area contributed by atoms with Crippen molar-refractivity contribution in [2.45, 2.75) is 59.6 Å². The van der Waals surface area contributed by atoms with E-state index in [2.05, 4.69) is 5.32 Å². The van der Waals surface area contributed by atoms with Gasteiger partial charge in [-0.2, -0.15) is 0 Å². The molecule has 2 amide bonds. The maximum atomic E-state index is 13.4. The number of aliphatic carboxylic acids is 1. The number of carbonyl (C=O) groups is 4. The van der Waals surface area contributed by atoms with Crippen LogP contribution < -0.4 is 15.0 Å². The molecule has 208 valence electrons. The van der Waals surface area contributed by atoms with E-state index in [1.54, 1.807) is 35.2 Å². The van der Waals surface area contributed by atoms with Gasteiger partial charge in [-0.1, -0.05) is 20.8 Å². The summed E-state index contributed by atoms with van der Waals surface area (Å²) < 4.78 is 5.85. The average Bonchev–Trinajstić information content (AvgIpc) is 3.13.